The molecule has 3 heterocycles. The zero-order chi connectivity index (χ0) is 15.8. The van der Waals surface area contributed by atoms with E-state index in [0.29, 0.717) is 32.7 Å². The molecule has 0 aromatic carbocycles. The van der Waals surface area contributed by atoms with Crippen molar-refractivity contribution in [3.63, 3.8) is 0 Å². The van der Waals surface area contributed by atoms with Gasteiger partial charge in [-0.3, -0.25) is 9.59 Å². The molecule has 6 heteroatoms. The monoisotopic (exact) mass is 318 g/mol. The first-order chi connectivity index (χ1) is 11.2. The van der Waals surface area contributed by atoms with E-state index in [1.54, 1.807) is 11.2 Å². The van der Waals surface area contributed by atoms with E-state index in [1.807, 2.05) is 17.0 Å². The lowest BCUT2D eigenvalue weighted by atomic mass is 10.0. The van der Waals surface area contributed by atoms with Gasteiger partial charge < -0.3 is 19.0 Å². The van der Waals surface area contributed by atoms with Crippen LogP contribution in [0.25, 0.3) is 0 Å². The van der Waals surface area contributed by atoms with Gasteiger partial charge in [0, 0.05) is 19.5 Å². The number of morpholine rings is 1. The number of rotatable bonds is 3. The van der Waals surface area contributed by atoms with Crippen molar-refractivity contribution in [3.05, 3.63) is 24.2 Å². The Labute approximate surface area is 135 Å². The Morgan fingerprint density at radius 2 is 2.26 bits per heavy atom. The van der Waals surface area contributed by atoms with Crippen LogP contribution in [0.5, 0.6) is 0 Å². The maximum absolute atomic E-state index is 12.9. The second kappa shape index (κ2) is 6.00. The minimum atomic E-state index is -0.225. The summed E-state index contributed by atoms with van der Waals surface area (Å²) in [5, 5.41) is 0. The normalized spacial score (nSPS) is 30.8. The molecule has 0 radical (unpaired) electrons. The van der Waals surface area contributed by atoms with Crippen LogP contribution in [0.2, 0.25) is 0 Å². The van der Waals surface area contributed by atoms with Gasteiger partial charge in [0.15, 0.2) is 0 Å². The number of furan rings is 1. The van der Waals surface area contributed by atoms with Gasteiger partial charge in [0.1, 0.15) is 5.76 Å². The summed E-state index contributed by atoms with van der Waals surface area (Å²) in [7, 11) is 0. The van der Waals surface area contributed by atoms with Gasteiger partial charge in [0.25, 0.3) is 0 Å². The van der Waals surface area contributed by atoms with E-state index in [4.69, 9.17) is 9.15 Å². The lowest BCUT2D eigenvalue weighted by Crippen LogP contribution is -2.53. The average molecular weight is 318 g/mol. The van der Waals surface area contributed by atoms with Crippen molar-refractivity contribution in [2.75, 3.05) is 19.7 Å². The van der Waals surface area contributed by atoms with Crippen LogP contribution in [0.4, 0.5) is 0 Å². The zero-order valence-corrected chi connectivity index (χ0v) is 13.1. The number of carbonyl (C=O) groups is 2. The van der Waals surface area contributed by atoms with Gasteiger partial charge in [-0.05, 0) is 31.4 Å². The highest BCUT2D eigenvalue weighted by Gasteiger charge is 2.43. The maximum atomic E-state index is 12.9. The molecule has 0 unspecified atom stereocenters. The molecule has 1 aliphatic carbocycles. The predicted molar refractivity (Wildman–Crippen MR) is 81.3 cm³/mol. The summed E-state index contributed by atoms with van der Waals surface area (Å²) in [4.78, 5) is 28.8. The van der Waals surface area contributed by atoms with E-state index in [-0.39, 0.29) is 29.9 Å². The third-order valence-electron chi connectivity index (χ3n) is 5.26. The standard InChI is InChI=1S/C17H22N2O4/c20-16-9-12(10-18(16)11-13-3-2-7-22-13)17(21)19-6-8-23-15-5-1-4-14(15)19/h2-3,7,12,14-15H,1,4-6,8-11H2/t12-,14-,15-/m0/s1. The Hall–Kier alpha value is -1.82. The van der Waals surface area contributed by atoms with Crippen LogP contribution in [0, 0.1) is 5.92 Å². The Kier molecular flexibility index (Phi) is 3.85. The Bertz CT molecular complexity index is 585. The van der Waals surface area contributed by atoms with Crippen molar-refractivity contribution in [2.24, 2.45) is 5.92 Å². The van der Waals surface area contributed by atoms with E-state index in [9.17, 15) is 9.59 Å². The van der Waals surface area contributed by atoms with Gasteiger partial charge in [-0.15, -0.1) is 0 Å². The molecule has 124 valence electrons. The molecule has 1 aromatic rings. The third-order valence-corrected chi connectivity index (χ3v) is 5.26. The van der Waals surface area contributed by atoms with Gasteiger partial charge >= 0.3 is 0 Å². The first-order valence-corrected chi connectivity index (χ1v) is 8.44. The van der Waals surface area contributed by atoms with E-state index < -0.39 is 0 Å². The fourth-order valence-corrected chi connectivity index (χ4v) is 4.11. The average Bonchev–Trinajstić information content (AvgIpc) is 3.28. The Morgan fingerprint density at radius 1 is 1.35 bits per heavy atom. The van der Waals surface area contributed by atoms with Crippen molar-refractivity contribution in [2.45, 2.75) is 44.4 Å². The lowest BCUT2D eigenvalue weighted by Gasteiger charge is -2.38. The number of ether oxygens (including phenoxy) is 1. The number of fused-ring (bicyclic) bond motifs is 1. The second-order valence-electron chi connectivity index (χ2n) is 6.69. The number of nitrogens with zero attached hydrogens (tertiary/aromatic N) is 2. The summed E-state index contributed by atoms with van der Waals surface area (Å²) in [6.45, 7) is 2.21. The molecular formula is C17H22N2O4. The first kappa shape index (κ1) is 14.8. The highest BCUT2D eigenvalue weighted by atomic mass is 16.5. The molecule has 23 heavy (non-hydrogen) atoms. The Morgan fingerprint density at radius 3 is 3.09 bits per heavy atom. The minimum Gasteiger partial charge on any atom is -0.467 e. The molecular weight excluding hydrogens is 296 g/mol. The summed E-state index contributed by atoms with van der Waals surface area (Å²) in [6, 6.07) is 3.88. The van der Waals surface area contributed by atoms with Crippen LogP contribution < -0.4 is 0 Å². The van der Waals surface area contributed by atoms with Crippen LogP contribution in [0.3, 0.4) is 0 Å². The molecule has 0 N–H and O–H groups in total. The fraction of sp³-hybridized carbons (Fsp3) is 0.647. The maximum Gasteiger partial charge on any atom is 0.228 e. The van der Waals surface area contributed by atoms with Crippen molar-refractivity contribution >= 4 is 11.8 Å². The molecule has 2 amide bonds. The second-order valence-corrected chi connectivity index (χ2v) is 6.69. The van der Waals surface area contributed by atoms with Crippen LogP contribution in [0.15, 0.2) is 22.8 Å². The first-order valence-electron chi connectivity index (χ1n) is 8.44. The number of likely N-dealkylation sites (tertiary alicyclic amines) is 1. The smallest absolute Gasteiger partial charge is 0.228 e. The van der Waals surface area contributed by atoms with Gasteiger partial charge in [-0.25, -0.2) is 0 Å². The van der Waals surface area contributed by atoms with Crippen molar-refractivity contribution < 1.29 is 18.7 Å². The molecule has 4 rings (SSSR count). The van der Waals surface area contributed by atoms with Gasteiger partial charge in [0.2, 0.25) is 11.8 Å². The highest BCUT2D eigenvalue weighted by molar-refractivity contribution is 5.89. The quantitative estimate of drug-likeness (QED) is 0.845. The minimum absolute atomic E-state index is 0.0379. The summed E-state index contributed by atoms with van der Waals surface area (Å²) < 4.78 is 11.1. The fourth-order valence-electron chi connectivity index (χ4n) is 4.11. The molecule has 0 bridgehead atoms. The highest BCUT2D eigenvalue weighted by Crippen LogP contribution is 2.32. The lowest BCUT2D eigenvalue weighted by molar-refractivity contribution is -0.148. The third kappa shape index (κ3) is 2.76. The molecule has 2 aliphatic heterocycles. The van der Waals surface area contributed by atoms with E-state index >= 15 is 0 Å². The summed E-state index contributed by atoms with van der Waals surface area (Å²) in [6.07, 6.45) is 5.30. The summed E-state index contributed by atoms with van der Waals surface area (Å²) in [5.41, 5.74) is 0. The zero-order valence-electron chi connectivity index (χ0n) is 13.1. The van der Waals surface area contributed by atoms with Crippen molar-refractivity contribution in [1.29, 1.82) is 0 Å². The van der Waals surface area contributed by atoms with E-state index in [1.165, 1.54) is 0 Å². The van der Waals surface area contributed by atoms with Crippen LogP contribution in [0.1, 0.15) is 31.4 Å². The molecule has 0 spiro atoms. The molecule has 3 atom stereocenters. The van der Waals surface area contributed by atoms with Gasteiger partial charge in [0.05, 0.1) is 37.5 Å². The molecule has 3 aliphatic rings. The number of amides is 2. The molecule has 1 aromatic heterocycles. The van der Waals surface area contributed by atoms with Crippen molar-refractivity contribution in [1.82, 2.24) is 9.80 Å². The number of carbonyl (C=O) groups excluding carboxylic acids is 2. The van der Waals surface area contributed by atoms with E-state index in [2.05, 4.69) is 0 Å². The molecule has 6 nitrogen and oxygen atoms in total. The topological polar surface area (TPSA) is 63.0 Å². The molecule has 1 saturated carbocycles. The van der Waals surface area contributed by atoms with Crippen molar-refractivity contribution in [3.8, 4) is 0 Å². The predicted octanol–water partition coefficient (Wildman–Crippen LogP) is 1.41. The number of hydrogen-bond acceptors (Lipinski definition) is 4. The van der Waals surface area contributed by atoms with Crippen LogP contribution >= 0.6 is 0 Å². The Balaban J connectivity index is 1.42. The molecule has 2 saturated heterocycles. The SMILES string of the molecule is O=C1C[C@H](C(=O)N2CCO[C@H]3CCC[C@@H]32)CN1Cc1ccco1. The van der Waals surface area contributed by atoms with Crippen LogP contribution in [-0.2, 0) is 20.9 Å². The largest absolute Gasteiger partial charge is 0.467 e. The number of hydrogen-bond donors (Lipinski definition) is 0. The van der Waals surface area contributed by atoms with E-state index in [0.717, 1.165) is 25.0 Å². The summed E-state index contributed by atoms with van der Waals surface area (Å²) in [5.74, 6) is 0.696. The molecule has 3 fully saturated rings. The van der Waals surface area contributed by atoms with Gasteiger partial charge in [-0.2, -0.15) is 0 Å². The summed E-state index contributed by atoms with van der Waals surface area (Å²) >= 11 is 0. The van der Waals surface area contributed by atoms with Gasteiger partial charge in [-0.1, -0.05) is 0 Å². The van der Waals surface area contributed by atoms with Crippen LogP contribution in [-0.4, -0.2) is 53.5 Å².